The second-order valence-electron chi connectivity index (χ2n) is 6.78. The van der Waals surface area contributed by atoms with E-state index in [0.717, 1.165) is 22.4 Å². The Morgan fingerprint density at radius 2 is 1.97 bits per heavy atom. The van der Waals surface area contributed by atoms with E-state index in [1.54, 1.807) is 19.3 Å². The third-order valence-electron chi connectivity index (χ3n) is 4.61. The third kappa shape index (κ3) is 5.30. The Balaban J connectivity index is 1.72. The van der Waals surface area contributed by atoms with Gasteiger partial charge in [-0.25, -0.2) is 4.79 Å². The zero-order valence-electron chi connectivity index (χ0n) is 17.5. The van der Waals surface area contributed by atoms with Crippen LogP contribution in [0.4, 0.5) is 5.69 Å². The zero-order valence-corrected chi connectivity index (χ0v) is 17.5. The summed E-state index contributed by atoms with van der Waals surface area (Å²) in [4.78, 5) is 23.5. The average molecular weight is 421 g/mol. The fourth-order valence-electron chi connectivity index (χ4n) is 3.02. The minimum Gasteiger partial charge on any atom is -0.496 e. The second-order valence-corrected chi connectivity index (χ2v) is 6.78. The molecule has 8 nitrogen and oxygen atoms in total. The molecule has 1 heterocycles. The van der Waals surface area contributed by atoms with E-state index in [2.05, 4.69) is 10.4 Å². The zero-order chi connectivity index (χ0) is 22.4. The molecule has 1 aromatic heterocycles. The average Bonchev–Trinajstić information content (AvgIpc) is 3.11. The SMILES string of the molecule is COc1ccc(/C=C/C(=O)Nc2cnn(C)c2C(=O)O)cc1COc1ccccc1C. The van der Waals surface area contributed by atoms with E-state index in [0.29, 0.717) is 12.4 Å². The van der Waals surface area contributed by atoms with Gasteiger partial charge in [0.25, 0.3) is 0 Å². The van der Waals surface area contributed by atoms with Gasteiger partial charge in [0.05, 0.1) is 19.0 Å². The molecule has 1 amide bonds. The number of rotatable bonds is 8. The summed E-state index contributed by atoms with van der Waals surface area (Å²) in [7, 11) is 3.08. The smallest absolute Gasteiger partial charge is 0.356 e. The summed E-state index contributed by atoms with van der Waals surface area (Å²) >= 11 is 0. The summed E-state index contributed by atoms with van der Waals surface area (Å²) in [5, 5.41) is 15.6. The number of aromatic carboxylic acids is 1. The minimum absolute atomic E-state index is 0.0955. The molecule has 31 heavy (non-hydrogen) atoms. The van der Waals surface area contributed by atoms with Gasteiger partial charge in [0.1, 0.15) is 18.1 Å². The summed E-state index contributed by atoms with van der Waals surface area (Å²) in [5.41, 5.74) is 2.66. The number of carboxylic acid groups (broad SMARTS) is 1. The quantitative estimate of drug-likeness (QED) is 0.538. The van der Waals surface area contributed by atoms with Crippen LogP contribution in [0.15, 0.2) is 54.7 Å². The molecule has 0 aliphatic heterocycles. The standard InChI is InChI=1S/C23H23N3O5/c1-15-6-4-5-7-19(15)31-14-17-12-16(8-10-20(17)30-3)9-11-21(27)25-18-13-24-26(2)22(18)23(28)29/h4-13H,14H2,1-3H3,(H,25,27)(H,28,29)/b11-9+. The van der Waals surface area contributed by atoms with Gasteiger partial charge < -0.3 is 19.9 Å². The number of carboxylic acids is 1. The van der Waals surface area contributed by atoms with E-state index in [9.17, 15) is 14.7 Å². The number of nitrogens with zero attached hydrogens (tertiary/aromatic N) is 2. The maximum absolute atomic E-state index is 12.2. The van der Waals surface area contributed by atoms with Crippen molar-refractivity contribution in [2.24, 2.45) is 7.05 Å². The molecule has 3 rings (SSSR count). The number of hydrogen-bond donors (Lipinski definition) is 2. The predicted molar refractivity (Wildman–Crippen MR) is 116 cm³/mol. The first-order valence-electron chi connectivity index (χ1n) is 9.48. The van der Waals surface area contributed by atoms with Crippen LogP contribution in [0.1, 0.15) is 27.2 Å². The van der Waals surface area contributed by atoms with Gasteiger partial charge in [-0.3, -0.25) is 9.48 Å². The highest BCUT2D eigenvalue weighted by Crippen LogP contribution is 2.24. The molecule has 0 aliphatic rings. The molecule has 0 atom stereocenters. The molecule has 0 saturated heterocycles. The van der Waals surface area contributed by atoms with E-state index in [1.165, 1.54) is 24.0 Å². The molecule has 0 fully saturated rings. The molecule has 3 aromatic rings. The van der Waals surface area contributed by atoms with E-state index in [1.807, 2.05) is 43.3 Å². The first-order chi connectivity index (χ1) is 14.9. The van der Waals surface area contributed by atoms with Gasteiger partial charge in [0.2, 0.25) is 5.91 Å². The van der Waals surface area contributed by atoms with Gasteiger partial charge in [-0.2, -0.15) is 5.10 Å². The number of nitrogens with one attached hydrogen (secondary N) is 1. The van der Waals surface area contributed by atoms with Crippen molar-refractivity contribution in [2.45, 2.75) is 13.5 Å². The number of methoxy groups -OCH3 is 1. The minimum atomic E-state index is -1.17. The molecule has 0 unspecified atom stereocenters. The number of aryl methyl sites for hydroxylation is 2. The summed E-state index contributed by atoms with van der Waals surface area (Å²) < 4.78 is 12.5. The molecule has 2 aromatic carbocycles. The summed E-state index contributed by atoms with van der Waals surface area (Å²) in [5.74, 6) is -0.177. The first-order valence-corrected chi connectivity index (χ1v) is 9.48. The van der Waals surface area contributed by atoms with Crippen molar-refractivity contribution in [2.75, 3.05) is 12.4 Å². The van der Waals surface area contributed by atoms with E-state index < -0.39 is 11.9 Å². The van der Waals surface area contributed by atoms with Crippen LogP contribution in [0.2, 0.25) is 0 Å². The monoisotopic (exact) mass is 421 g/mol. The highest BCUT2D eigenvalue weighted by atomic mass is 16.5. The highest BCUT2D eigenvalue weighted by molar-refractivity contribution is 6.05. The molecule has 0 saturated carbocycles. The number of ether oxygens (including phenoxy) is 2. The first kappa shape index (κ1) is 21.6. The van der Waals surface area contributed by atoms with Crippen molar-refractivity contribution in [3.63, 3.8) is 0 Å². The van der Waals surface area contributed by atoms with Gasteiger partial charge in [-0.1, -0.05) is 24.3 Å². The molecular formula is C23H23N3O5. The third-order valence-corrected chi connectivity index (χ3v) is 4.61. The molecule has 160 valence electrons. The molecule has 0 spiro atoms. The van der Waals surface area contributed by atoms with E-state index in [4.69, 9.17) is 9.47 Å². The fourth-order valence-corrected chi connectivity index (χ4v) is 3.02. The summed E-state index contributed by atoms with van der Waals surface area (Å²) in [6.07, 6.45) is 4.25. The maximum Gasteiger partial charge on any atom is 0.356 e. The second kappa shape index (κ2) is 9.62. The Bertz CT molecular complexity index is 1130. The number of carbonyl (C=O) groups excluding carboxylic acids is 1. The Morgan fingerprint density at radius 3 is 2.68 bits per heavy atom. The van der Waals surface area contributed by atoms with Crippen molar-refractivity contribution in [1.29, 1.82) is 0 Å². The number of para-hydroxylation sites is 1. The van der Waals surface area contributed by atoms with Gasteiger partial charge in [0, 0.05) is 18.7 Å². The lowest BCUT2D eigenvalue weighted by Gasteiger charge is -2.12. The molecule has 0 bridgehead atoms. The Morgan fingerprint density at radius 1 is 1.19 bits per heavy atom. The van der Waals surface area contributed by atoms with Crippen LogP contribution in [-0.2, 0) is 18.4 Å². The number of aromatic nitrogens is 2. The summed E-state index contributed by atoms with van der Waals surface area (Å²) in [6.45, 7) is 2.28. The van der Waals surface area contributed by atoms with Crippen molar-refractivity contribution < 1.29 is 24.2 Å². The van der Waals surface area contributed by atoms with Crippen molar-refractivity contribution in [3.05, 3.63) is 77.1 Å². The lowest BCUT2D eigenvalue weighted by molar-refractivity contribution is -0.111. The normalized spacial score (nSPS) is 10.8. The van der Waals surface area contributed by atoms with Gasteiger partial charge in [-0.15, -0.1) is 0 Å². The number of hydrogen-bond acceptors (Lipinski definition) is 5. The molecular weight excluding hydrogens is 398 g/mol. The van der Waals surface area contributed by atoms with Crippen LogP contribution in [0.3, 0.4) is 0 Å². The Labute approximate surface area is 179 Å². The topological polar surface area (TPSA) is 103 Å². The van der Waals surface area contributed by atoms with Crippen LogP contribution in [-0.4, -0.2) is 33.9 Å². The van der Waals surface area contributed by atoms with E-state index in [-0.39, 0.29) is 11.4 Å². The maximum atomic E-state index is 12.2. The molecule has 2 N–H and O–H groups in total. The van der Waals surface area contributed by atoms with Crippen LogP contribution in [0.25, 0.3) is 6.08 Å². The molecule has 0 aliphatic carbocycles. The predicted octanol–water partition coefficient (Wildman–Crippen LogP) is 3.67. The fraction of sp³-hybridized carbons (Fsp3) is 0.174. The molecule has 8 heteroatoms. The largest absolute Gasteiger partial charge is 0.496 e. The van der Waals surface area contributed by atoms with Gasteiger partial charge in [-0.05, 0) is 42.3 Å². The Hall–Kier alpha value is -4.07. The number of benzene rings is 2. The van der Waals surface area contributed by atoms with Gasteiger partial charge in [0.15, 0.2) is 5.69 Å². The number of amides is 1. The Kier molecular flexibility index (Phi) is 6.71. The van der Waals surface area contributed by atoms with Crippen molar-refractivity contribution in [1.82, 2.24) is 9.78 Å². The highest BCUT2D eigenvalue weighted by Gasteiger charge is 2.16. The van der Waals surface area contributed by atoms with Crippen LogP contribution in [0, 0.1) is 6.92 Å². The lowest BCUT2D eigenvalue weighted by atomic mass is 10.1. The van der Waals surface area contributed by atoms with Crippen LogP contribution in [0.5, 0.6) is 11.5 Å². The van der Waals surface area contributed by atoms with Gasteiger partial charge >= 0.3 is 5.97 Å². The van der Waals surface area contributed by atoms with Crippen LogP contribution >= 0.6 is 0 Å². The van der Waals surface area contributed by atoms with Crippen LogP contribution < -0.4 is 14.8 Å². The van der Waals surface area contributed by atoms with Crippen molar-refractivity contribution >= 4 is 23.6 Å². The van der Waals surface area contributed by atoms with Crippen molar-refractivity contribution in [3.8, 4) is 11.5 Å². The summed E-state index contributed by atoms with van der Waals surface area (Å²) in [6, 6.07) is 13.2. The van der Waals surface area contributed by atoms with E-state index >= 15 is 0 Å². The lowest BCUT2D eigenvalue weighted by Crippen LogP contribution is -2.13. The number of anilines is 1. The molecule has 0 radical (unpaired) electrons. The number of carbonyl (C=O) groups is 2.